The van der Waals surface area contributed by atoms with E-state index in [-0.39, 0.29) is 30.0 Å². The number of hydrogen-bond donors (Lipinski definition) is 2. The molecule has 2 N–H and O–H groups in total. The molecule has 0 aliphatic carbocycles. The van der Waals surface area contributed by atoms with Gasteiger partial charge in [-0.05, 0) is 55.3 Å². The molecule has 6 heteroatoms. The second-order valence-corrected chi connectivity index (χ2v) is 5.73. The third kappa shape index (κ3) is 4.30. The molecule has 3 nitrogen and oxygen atoms in total. The molecule has 3 rings (SSSR count). The summed E-state index contributed by atoms with van der Waals surface area (Å²) in [6.45, 7) is 1.58. The van der Waals surface area contributed by atoms with Crippen molar-refractivity contribution in [2.75, 3.05) is 18.4 Å². The minimum atomic E-state index is -0.401. The van der Waals surface area contributed by atoms with Gasteiger partial charge < -0.3 is 10.6 Å². The SMILES string of the molecule is Cl.O=C(Nc1ccc(F)cc1-c1ccc(F)cc1)C1CCCNC1. The van der Waals surface area contributed by atoms with Crippen molar-refractivity contribution in [1.82, 2.24) is 5.32 Å². The summed E-state index contributed by atoms with van der Waals surface area (Å²) in [4.78, 5) is 12.4. The van der Waals surface area contributed by atoms with Crippen LogP contribution >= 0.6 is 12.4 Å². The molecule has 1 amide bonds. The van der Waals surface area contributed by atoms with E-state index in [1.165, 1.54) is 24.3 Å². The molecule has 1 fully saturated rings. The number of benzene rings is 2. The summed E-state index contributed by atoms with van der Waals surface area (Å²) in [6, 6.07) is 9.98. The Morgan fingerprint density at radius 1 is 1.08 bits per heavy atom. The minimum absolute atomic E-state index is 0. The third-order valence-electron chi connectivity index (χ3n) is 4.06. The van der Waals surface area contributed by atoms with Crippen LogP contribution in [0.1, 0.15) is 12.8 Å². The molecule has 1 unspecified atom stereocenters. The van der Waals surface area contributed by atoms with Crippen LogP contribution in [-0.2, 0) is 4.79 Å². The van der Waals surface area contributed by atoms with Gasteiger partial charge in [0.15, 0.2) is 0 Å². The lowest BCUT2D eigenvalue weighted by Crippen LogP contribution is -2.37. The second-order valence-electron chi connectivity index (χ2n) is 5.73. The molecule has 0 radical (unpaired) electrons. The number of anilines is 1. The summed E-state index contributed by atoms with van der Waals surface area (Å²) in [5.41, 5.74) is 1.73. The van der Waals surface area contributed by atoms with Crippen LogP contribution in [0.4, 0.5) is 14.5 Å². The zero-order valence-corrected chi connectivity index (χ0v) is 13.8. The monoisotopic (exact) mass is 352 g/mol. The number of carbonyl (C=O) groups is 1. The number of piperidine rings is 1. The summed E-state index contributed by atoms with van der Waals surface area (Å²) >= 11 is 0. The number of carbonyl (C=O) groups excluding carboxylic acids is 1. The molecule has 2 aromatic rings. The van der Waals surface area contributed by atoms with Crippen molar-refractivity contribution in [3.63, 3.8) is 0 Å². The largest absolute Gasteiger partial charge is 0.325 e. The highest BCUT2D eigenvalue weighted by atomic mass is 35.5. The molecule has 1 aliphatic rings. The summed E-state index contributed by atoms with van der Waals surface area (Å²) in [5.74, 6) is -0.923. The topological polar surface area (TPSA) is 41.1 Å². The van der Waals surface area contributed by atoms with Gasteiger partial charge in [0.1, 0.15) is 11.6 Å². The van der Waals surface area contributed by atoms with Gasteiger partial charge in [0, 0.05) is 17.8 Å². The van der Waals surface area contributed by atoms with Crippen molar-refractivity contribution in [3.8, 4) is 11.1 Å². The second kappa shape index (κ2) is 8.22. The van der Waals surface area contributed by atoms with E-state index in [1.54, 1.807) is 18.2 Å². The molecule has 0 aromatic heterocycles. The first-order valence-electron chi connectivity index (χ1n) is 7.70. The first kappa shape index (κ1) is 18.4. The van der Waals surface area contributed by atoms with Crippen LogP contribution in [0.3, 0.4) is 0 Å². The Labute approximate surface area is 145 Å². The smallest absolute Gasteiger partial charge is 0.228 e. The van der Waals surface area contributed by atoms with Gasteiger partial charge >= 0.3 is 0 Å². The fourth-order valence-corrected chi connectivity index (χ4v) is 2.80. The third-order valence-corrected chi connectivity index (χ3v) is 4.06. The van der Waals surface area contributed by atoms with Gasteiger partial charge in [-0.15, -0.1) is 12.4 Å². The van der Waals surface area contributed by atoms with E-state index in [4.69, 9.17) is 0 Å². The molecule has 1 atom stereocenters. The Morgan fingerprint density at radius 2 is 1.79 bits per heavy atom. The van der Waals surface area contributed by atoms with Crippen molar-refractivity contribution in [3.05, 3.63) is 54.1 Å². The number of hydrogen-bond acceptors (Lipinski definition) is 2. The van der Waals surface area contributed by atoms with E-state index >= 15 is 0 Å². The predicted octanol–water partition coefficient (Wildman–Crippen LogP) is 3.99. The molecule has 0 saturated carbocycles. The molecular formula is C18H19ClF2N2O. The Morgan fingerprint density at radius 3 is 2.46 bits per heavy atom. The van der Waals surface area contributed by atoms with E-state index in [0.29, 0.717) is 23.4 Å². The summed E-state index contributed by atoms with van der Waals surface area (Å²) in [5, 5.41) is 6.08. The lowest BCUT2D eigenvalue weighted by molar-refractivity contribution is -0.120. The fourth-order valence-electron chi connectivity index (χ4n) is 2.80. The normalized spacial score (nSPS) is 17.0. The van der Waals surface area contributed by atoms with Crippen LogP contribution in [0.15, 0.2) is 42.5 Å². The highest BCUT2D eigenvalue weighted by molar-refractivity contribution is 5.97. The van der Waals surface area contributed by atoms with Crippen LogP contribution in [0, 0.1) is 17.6 Å². The molecule has 1 saturated heterocycles. The van der Waals surface area contributed by atoms with E-state index in [0.717, 1.165) is 19.4 Å². The Balaban J connectivity index is 0.00000208. The fraction of sp³-hybridized carbons (Fsp3) is 0.278. The molecule has 1 heterocycles. The highest BCUT2D eigenvalue weighted by Gasteiger charge is 2.21. The Hall–Kier alpha value is -1.98. The van der Waals surface area contributed by atoms with Gasteiger partial charge in [-0.1, -0.05) is 12.1 Å². The maximum Gasteiger partial charge on any atom is 0.228 e. The van der Waals surface area contributed by atoms with Crippen molar-refractivity contribution in [2.45, 2.75) is 12.8 Å². The molecule has 0 spiro atoms. The Bertz CT molecular complexity index is 701. The van der Waals surface area contributed by atoms with Gasteiger partial charge in [0.05, 0.1) is 5.92 Å². The van der Waals surface area contributed by atoms with Gasteiger partial charge in [-0.3, -0.25) is 4.79 Å². The molecular weight excluding hydrogens is 334 g/mol. The van der Waals surface area contributed by atoms with Gasteiger partial charge in [0.2, 0.25) is 5.91 Å². The quantitative estimate of drug-likeness (QED) is 0.877. The summed E-state index contributed by atoms with van der Waals surface area (Å²) in [6.07, 6.45) is 1.80. The number of nitrogens with one attached hydrogen (secondary N) is 2. The first-order valence-corrected chi connectivity index (χ1v) is 7.70. The average Bonchev–Trinajstić information content (AvgIpc) is 2.58. The maximum absolute atomic E-state index is 13.6. The zero-order chi connectivity index (χ0) is 16.2. The van der Waals surface area contributed by atoms with Crippen LogP contribution in [0.25, 0.3) is 11.1 Å². The van der Waals surface area contributed by atoms with E-state index in [9.17, 15) is 13.6 Å². The molecule has 24 heavy (non-hydrogen) atoms. The van der Waals surface area contributed by atoms with Gasteiger partial charge in [0.25, 0.3) is 0 Å². The number of rotatable bonds is 3. The van der Waals surface area contributed by atoms with Crippen LogP contribution in [0.2, 0.25) is 0 Å². The van der Waals surface area contributed by atoms with Crippen LogP contribution in [-0.4, -0.2) is 19.0 Å². The highest BCUT2D eigenvalue weighted by Crippen LogP contribution is 2.29. The standard InChI is InChI=1S/C18H18F2N2O.ClH/c19-14-5-3-12(4-6-14)16-10-15(20)7-8-17(16)22-18(23)13-2-1-9-21-11-13;/h3-8,10,13,21H,1-2,9,11H2,(H,22,23);1H. The van der Waals surface area contributed by atoms with E-state index < -0.39 is 5.82 Å². The van der Waals surface area contributed by atoms with Crippen molar-refractivity contribution in [1.29, 1.82) is 0 Å². The van der Waals surface area contributed by atoms with Crippen LogP contribution < -0.4 is 10.6 Å². The first-order chi connectivity index (χ1) is 11.1. The minimum Gasteiger partial charge on any atom is -0.325 e. The summed E-state index contributed by atoms with van der Waals surface area (Å²) in [7, 11) is 0. The van der Waals surface area contributed by atoms with E-state index in [1.807, 2.05) is 0 Å². The van der Waals surface area contributed by atoms with Crippen LogP contribution in [0.5, 0.6) is 0 Å². The zero-order valence-electron chi connectivity index (χ0n) is 13.0. The van der Waals surface area contributed by atoms with Crippen molar-refractivity contribution < 1.29 is 13.6 Å². The molecule has 128 valence electrons. The lowest BCUT2D eigenvalue weighted by Gasteiger charge is -2.22. The molecule has 1 aliphatic heterocycles. The van der Waals surface area contributed by atoms with Gasteiger partial charge in [-0.25, -0.2) is 8.78 Å². The van der Waals surface area contributed by atoms with Crippen molar-refractivity contribution >= 4 is 24.0 Å². The summed E-state index contributed by atoms with van der Waals surface area (Å²) < 4.78 is 26.7. The molecule has 2 aromatic carbocycles. The number of amides is 1. The van der Waals surface area contributed by atoms with E-state index in [2.05, 4.69) is 10.6 Å². The van der Waals surface area contributed by atoms with Crippen molar-refractivity contribution in [2.24, 2.45) is 5.92 Å². The lowest BCUT2D eigenvalue weighted by atomic mass is 9.98. The van der Waals surface area contributed by atoms with Gasteiger partial charge in [-0.2, -0.15) is 0 Å². The average molecular weight is 353 g/mol. The predicted molar refractivity (Wildman–Crippen MR) is 93.3 cm³/mol. The molecule has 0 bridgehead atoms. The number of halogens is 3. The Kier molecular flexibility index (Phi) is 6.29. The maximum atomic E-state index is 13.6.